The fourth-order valence-electron chi connectivity index (χ4n) is 1.96. The Hall–Kier alpha value is -2.14. The third-order valence-electron chi connectivity index (χ3n) is 3.07. The molecule has 96 valence electrons. The second-order valence-corrected chi connectivity index (χ2v) is 5.17. The van der Waals surface area contributed by atoms with Crippen LogP contribution in [0.4, 0.5) is 0 Å². The lowest BCUT2D eigenvalue weighted by molar-refractivity contribution is 0.0940. The first kappa shape index (κ1) is 11.9. The van der Waals surface area contributed by atoms with Crippen LogP contribution in [0.15, 0.2) is 41.4 Å². The van der Waals surface area contributed by atoms with Gasteiger partial charge in [-0.1, -0.05) is 0 Å². The van der Waals surface area contributed by atoms with Crippen molar-refractivity contribution in [3.63, 3.8) is 0 Å². The Labute approximate surface area is 114 Å². The van der Waals surface area contributed by atoms with Gasteiger partial charge in [-0.2, -0.15) is 11.3 Å². The van der Waals surface area contributed by atoms with Crippen molar-refractivity contribution in [2.75, 3.05) is 0 Å². The maximum atomic E-state index is 12.2. The minimum Gasteiger partial charge on any atom is -0.345 e. The third-order valence-corrected chi connectivity index (χ3v) is 3.77. The number of amides is 1. The van der Waals surface area contributed by atoms with Crippen molar-refractivity contribution in [1.29, 1.82) is 0 Å². The van der Waals surface area contributed by atoms with E-state index in [0.29, 0.717) is 5.56 Å². The molecule has 3 rings (SSSR count). The largest absolute Gasteiger partial charge is 0.345 e. The molecule has 0 radical (unpaired) electrons. The van der Waals surface area contributed by atoms with Gasteiger partial charge in [0, 0.05) is 5.56 Å². The molecule has 0 bridgehead atoms. The molecule has 0 aliphatic carbocycles. The zero-order valence-corrected chi connectivity index (χ0v) is 11.2. The molecule has 5 heteroatoms. The van der Waals surface area contributed by atoms with E-state index in [0.717, 1.165) is 16.6 Å². The molecule has 0 aliphatic heterocycles. The SMILES string of the molecule is CC(NC(=O)c1ccc2nc[nH]c2c1)c1ccsc1. The van der Waals surface area contributed by atoms with Gasteiger partial charge in [-0.15, -0.1) is 0 Å². The molecule has 2 heterocycles. The zero-order chi connectivity index (χ0) is 13.2. The van der Waals surface area contributed by atoms with Gasteiger partial charge in [-0.05, 0) is 47.5 Å². The van der Waals surface area contributed by atoms with E-state index in [1.54, 1.807) is 23.7 Å². The van der Waals surface area contributed by atoms with E-state index in [-0.39, 0.29) is 11.9 Å². The summed E-state index contributed by atoms with van der Waals surface area (Å²) in [6, 6.07) is 7.48. The van der Waals surface area contributed by atoms with Crippen LogP contribution < -0.4 is 5.32 Å². The number of benzene rings is 1. The lowest BCUT2D eigenvalue weighted by Crippen LogP contribution is -2.26. The van der Waals surface area contributed by atoms with Crippen LogP contribution in [-0.2, 0) is 0 Å². The van der Waals surface area contributed by atoms with Crippen molar-refractivity contribution in [2.45, 2.75) is 13.0 Å². The van der Waals surface area contributed by atoms with E-state index in [4.69, 9.17) is 0 Å². The summed E-state index contributed by atoms with van der Waals surface area (Å²) in [6.45, 7) is 1.98. The second-order valence-electron chi connectivity index (χ2n) is 4.39. The van der Waals surface area contributed by atoms with E-state index in [2.05, 4.69) is 15.3 Å². The van der Waals surface area contributed by atoms with Gasteiger partial charge in [0.2, 0.25) is 0 Å². The second kappa shape index (κ2) is 4.85. The Kier molecular flexibility index (Phi) is 3.05. The van der Waals surface area contributed by atoms with E-state index < -0.39 is 0 Å². The number of carbonyl (C=O) groups excluding carboxylic acids is 1. The average molecular weight is 271 g/mol. The van der Waals surface area contributed by atoms with Crippen LogP contribution in [-0.4, -0.2) is 15.9 Å². The molecule has 0 spiro atoms. The number of fused-ring (bicyclic) bond motifs is 1. The quantitative estimate of drug-likeness (QED) is 0.769. The topological polar surface area (TPSA) is 57.8 Å². The van der Waals surface area contributed by atoms with Gasteiger partial charge in [0.15, 0.2) is 0 Å². The van der Waals surface area contributed by atoms with E-state index in [9.17, 15) is 4.79 Å². The predicted molar refractivity (Wildman–Crippen MR) is 76.3 cm³/mol. The summed E-state index contributed by atoms with van der Waals surface area (Å²) in [5.41, 5.74) is 3.50. The minimum atomic E-state index is -0.0739. The van der Waals surface area contributed by atoms with Gasteiger partial charge < -0.3 is 10.3 Å². The fourth-order valence-corrected chi connectivity index (χ4v) is 2.72. The van der Waals surface area contributed by atoms with Crippen molar-refractivity contribution in [3.8, 4) is 0 Å². The summed E-state index contributed by atoms with van der Waals surface area (Å²) in [7, 11) is 0. The van der Waals surface area contributed by atoms with Crippen LogP contribution in [0.25, 0.3) is 11.0 Å². The monoisotopic (exact) mass is 271 g/mol. The van der Waals surface area contributed by atoms with Crippen LogP contribution in [0.5, 0.6) is 0 Å². The zero-order valence-electron chi connectivity index (χ0n) is 10.4. The molecule has 0 fully saturated rings. The molecule has 4 nitrogen and oxygen atoms in total. The van der Waals surface area contributed by atoms with Gasteiger partial charge in [0.1, 0.15) is 0 Å². The fraction of sp³-hybridized carbons (Fsp3) is 0.143. The first-order valence-corrected chi connectivity index (χ1v) is 6.94. The van der Waals surface area contributed by atoms with E-state index in [1.807, 2.05) is 35.9 Å². The number of H-pyrrole nitrogens is 1. The molecule has 1 atom stereocenters. The van der Waals surface area contributed by atoms with Crippen LogP contribution in [0, 0.1) is 0 Å². The summed E-state index contributed by atoms with van der Waals surface area (Å²) >= 11 is 1.63. The number of nitrogens with one attached hydrogen (secondary N) is 2. The number of thiophene rings is 1. The number of hydrogen-bond acceptors (Lipinski definition) is 3. The van der Waals surface area contributed by atoms with Crippen molar-refractivity contribution < 1.29 is 4.79 Å². The highest BCUT2D eigenvalue weighted by atomic mass is 32.1. The molecule has 1 aromatic carbocycles. The minimum absolute atomic E-state index is 0.0104. The van der Waals surface area contributed by atoms with Crippen molar-refractivity contribution in [2.24, 2.45) is 0 Å². The number of aromatic nitrogens is 2. The summed E-state index contributed by atoms with van der Waals surface area (Å²) in [5.74, 6) is -0.0739. The number of hydrogen-bond donors (Lipinski definition) is 2. The van der Waals surface area contributed by atoms with Crippen molar-refractivity contribution in [3.05, 3.63) is 52.5 Å². The lowest BCUT2D eigenvalue weighted by Gasteiger charge is -2.12. The number of rotatable bonds is 3. The number of nitrogens with zero attached hydrogens (tertiary/aromatic N) is 1. The average Bonchev–Trinajstić information content (AvgIpc) is 3.09. The Morgan fingerprint density at radius 2 is 2.32 bits per heavy atom. The molecule has 0 saturated carbocycles. The van der Waals surface area contributed by atoms with Crippen LogP contribution >= 0.6 is 11.3 Å². The molecule has 3 aromatic rings. The predicted octanol–water partition coefficient (Wildman–Crippen LogP) is 3.12. The summed E-state index contributed by atoms with van der Waals surface area (Å²) in [4.78, 5) is 19.3. The lowest BCUT2D eigenvalue weighted by atomic mass is 10.1. The van der Waals surface area contributed by atoms with Crippen molar-refractivity contribution in [1.82, 2.24) is 15.3 Å². The van der Waals surface area contributed by atoms with Gasteiger partial charge in [-0.25, -0.2) is 4.98 Å². The van der Waals surface area contributed by atoms with Gasteiger partial charge in [0.05, 0.1) is 23.4 Å². The number of aromatic amines is 1. The van der Waals surface area contributed by atoms with E-state index >= 15 is 0 Å². The molecule has 1 unspecified atom stereocenters. The normalized spacial score (nSPS) is 12.5. The standard InChI is InChI=1S/C14H13N3OS/c1-9(11-4-5-19-7-11)17-14(18)10-2-3-12-13(6-10)16-8-15-12/h2-9H,1H3,(H,15,16)(H,17,18). The summed E-state index contributed by atoms with van der Waals surface area (Å²) in [5, 5.41) is 7.04. The molecule has 19 heavy (non-hydrogen) atoms. The first-order chi connectivity index (χ1) is 9.24. The third kappa shape index (κ3) is 2.37. The van der Waals surface area contributed by atoms with Gasteiger partial charge in [0.25, 0.3) is 5.91 Å². The van der Waals surface area contributed by atoms with Gasteiger partial charge in [-0.3, -0.25) is 4.79 Å². The molecule has 0 saturated heterocycles. The Balaban J connectivity index is 1.79. The highest BCUT2D eigenvalue weighted by molar-refractivity contribution is 7.07. The van der Waals surface area contributed by atoms with E-state index in [1.165, 1.54) is 0 Å². The smallest absolute Gasteiger partial charge is 0.251 e. The maximum Gasteiger partial charge on any atom is 0.251 e. The van der Waals surface area contributed by atoms with Crippen LogP contribution in [0.3, 0.4) is 0 Å². The van der Waals surface area contributed by atoms with Gasteiger partial charge >= 0.3 is 0 Å². The molecular weight excluding hydrogens is 258 g/mol. The summed E-state index contributed by atoms with van der Waals surface area (Å²) in [6.07, 6.45) is 1.63. The Morgan fingerprint density at radius 3 is 3.11 bits per heavy atom. The number of carbonyl (C=O) groups is 1. The van der Waals surface area contributed by atoms with Crippen LogP contribution in [0.2, 0.25) is 0 Å². The highest BCUT2D eigenvalue weighted by Gasteiger charge is 2.12. The highest BCUT2D eigenvalue weighted by Crippen LogP contribution is 2.17. The molecular formula is C14H13N3OS. The Morgan fingerprint density at radius 1 is 1.42 bits per heavy atom. The van der Waals surface area contributed by atoms with Crippen LogP contribution in [0.1, 0.15) is 28.9 Å². The molecule has 1 amide bonds. The maximum absolute atomic E-state index is 12.2. The first-order valence-electron chi connectivity index (χ1n) is 6.00. The Bertz CT molecular complexity index is 702. The molecule has 2 N–H and O–H groups in total. The number of imidazole rings is 1. The van der Waals surface area contributed by atoms with Crippen molar-refractivity contribution >= 4 is 28.3 Å². The molecule has 2 aromatic heterocycles. The summed E-state index contributed by atoms with van der Waals surface area (Å²) < 4.78 is 0. The molecule has 0 aliphatic rings.